The molecule has 0 radical (unpaired) electrons. The smallest absolute Gasteiger partial charge is 0.332 e. The number of carbonyl (C=O) groups excluding carboxylic acids is 2. The zero-order chi connectivity index (χ0) is 20.6. The number of carbonyl (C=O) groups is 2. The highest BCUT2D eigenvalue weighted by Crippen LogP contribution is 2.27. The van der Waals surface area contributed by atoms with Gasteiger partial charge in [0.15, 0.2) is 0 Å². The summed E-state index contributed by atoms with van der Waals surface area (Å²) < 4.78 is 61.2. The van der Waals surface area contributed by atoms with E-state index in [-0.39, 0.29) is 0 Å². The Morgan fingerprint density at radius 2 is 1.12 bits per heavy atom. The van der Waals surface area contributed by atoms with Gasteiger partial charge in [-0.2, -0.15) is 16.8 Å². The summed E-state index contributed by atoms with van der Waals surface area (Å²) in [7, 11) is -9.83. The van der Waals surface area contributed by atoms with Crippen molar-refractivity contribution in [2.45, 2.75) is 38.8 Å². The Morgan fingerprint density at radius 3 is 1.38 bits per heavy atom. The highest BCUT2D eigenvalue weighted by Gasteiger charge is 2.32. The third-order valence-corrected chi connectivity index (χ3v) is 4.74. The van der Waals surface area contributed by atoms with Crippen molar-refractivity contribution in [1.29, 1.82) is 0 Å². The standard InChI is InChI=1S/C14H20N2O8S2/c1-13(2,15-11(17)25(19,20)21)9-6-5-7-10(8-9)14(3,4)16-12(18)26(22,23)24/h5-8H,1-4H3,(H,15,17)(H,16,18)(H,19,20,21)(H,22,23,24). The Balaban J connectivity index is 3.21. The second-order valence-corrected chi connectivity index (χ2v) is 9.25. The van der Waals surface area contributed by atoms with E-state index < -0.39 is 41.8 Å². The van der Waals surface area contributed by atoms with Crippen LogP contribution in [0.25, 0.3) is 0 Å². The number of amides is 2. The van der Waals surface area contributed by atoms with E-state index in [2.05, 4.69) is 10.6 Å². The fourth-order valence-corrected chi connectivity index (χ4v) is 2.85. The zero-order valence-electron chi connectivity index (χ0n) is 14.5. The highest BCUT2D eigenvalue weighted by atomic mass is 32.2. The minimum atomic E-state index is -4.92. The number of hydrogen-bond acceptors (Lipinski definition) is 6. The predicted molar refractivity (Wildman–Crippen MR) is 92.7 cm³/mol. The summed E-state index contributed by atoms with van der Waals surface area (Å²) in [6, 6.07) is 6.19. The summed E-state index contributed by atoms with van der Waals surface area (Å²) in [6.45, 7) is 5.94. The lowest BCUT2D eigenvalue weighted by Crippen LogP contribution is -2.45. The van der Waals surface area contributed by atoms with E-state index in [0.717, 1.165) is 0 Å². The molecule has 0 atom stereocenters. The first kappa shape index (κ1) is 22.0. The quantitative estimate of drug-likeness (QED) is 0.542. The highest BCUT2D eigenvalue weighted by molar-refractivity contribution is 8.01. The lowest BCUT2D eigenvalue weighted by molar-refractivity contribution is 0.245. The van der Waals surface area contributed by atoms with Crippen LogP contribution >= 0.6 is 0 Å². The maximum Gasteiger partial charge on any atom is 0.364 e. The van der Waals surface area contributed by atoms with Crippen molar-refractivity contribution in [3.8, 4) is 0 Å². The predicted octanol–water partition coefficient (Wildman–Crippen LogP) is 1.35. The van der Waals surface area contributed by atoms with E-state index in [1.807, 2.05) is 0 Å². The first-order valence-corrected chi connectivity index (χ1v) is 10.0. The van der Waals surface area contributed by atoms with Crippen LogP contribution in [-0.4, -0.2) is 36.4 Å². The molecule has 1 aromatic carbocycles. The Kier molecular flexibility index (Phi) is 5.88. The lowest BCUT2D eigenvalue weighted by Gasteiger charge is -2.30. The molecule has 0 aliphatic heterocycles. The maximum absolute atomic E-state index is 11.5. The van der Waals surface area contributed by atoms with Crippen LogP contribution in [0.5, 0.6) is 0 Å². The van der Waals surface area contributed by atoms with E-state index in [4.69, 9.17) is 9.11 Å². The molecule has 0 spiro atoms. The molecule has 2 amide bonds. The fourth-order valence-electron chi connectivity index (χ4n) is 2.08. The third kappa shape index (κ3) is 5.49. The molecule has 4 N–H and O–H groups in total. The second kappa shape index (κ2) is 6.95. The van der Waals surface area contributed by atoms with Gasteiger partial charge in [0.2, 0.25) is 0 Å². The molecule has 1 aromatic rings. The van der Waals surface area contributed by atoms with Gasteiger partial charge in [-0.15, -0.1) is 0 Å². The van der Waals surface area contributed by atoms with Crippen LogP contribution in [-0.2, 0) is 31.3 Å². The van der Waals surface area contributed by atoms with Crippen molar-refractivity contribution in [3.05, 3.63) is 35.4 Å². The Hall–Kier alpha value is -2.02. The number of hydrogen-bond donors (Lipinski definition) is 4. The summed E-state index contributed by atoms with van der Waals surface area (Å²) in [5.74, 6) is 0. The van der Waals surface area contributed by atoms with Gasteiger partial charge in [0.25, 0.3) is 0 Å². The molecule has 10 nitrogen and oxygen atoms in total. The van der Waals surface area contributed by atoms with E-state index >= 15 is 0 Å². The third-order valence-electron chi connectivity index (χ3n) is 3.60. The number of rotatable bonds is 4. The van der Waals surface area contributed by atoms with E-state index in [9.17, 15) is 26.4 Å². The Bertz CT molecular complexity index is 860. The minimum Gasteiger partial charge on any atom is -0.332 e. The molecule has 26 heavy (non-hydrogen) atoms. The molecule has 0 saturated heterocycles. The molecule has 1 rings (SSSR count). The first-order chi connectivity index (χ1) is 11.5. The van der Waals surface area contributed by atoms with Crippen molar-refractivity contribution < 1.29 is 35.5 Å². The molecule has 0 aromatic heterocycles. The Labute approximate surface area is 151 Å². The summed E-state index contributed by atoms with van der Waals surface area (Å²) in [6.07, 6.45) is 0. The molecule has 0 bridgehead atoms. The number of nitrogens with one attached hydrogen (secondary N) is 2. The molecule has 12 heteroatoms. The normalized spacial score (nSPS) is 13.2. The lowest BCUT2D eigenvalue weighted by atomic mass is 9.87. The fraction of sp³-hybridized carbons (Fsp3) is 0.429. The minimum absolute atomic E-state index is 0.418. The SMILES string of the molecule is CC(C)(NC(=O)S(=O)(=O)O)c1cccc(C(C)(C)NC(=O)S(=O)(=O)O)c1. The van der Waals surface area contributed by atoms with Crippen molar-refractivity contribution in [2.24, 2.45) is 0 Å². The van der Waals surface area contributed by atoms with Crippen LogP contribution in [0.4, 0.5) is 9.59 Å². The van der Waals surface area contributed by atoms with Gasteiger partial charge in [-0.3, -0.25) is 18.7 Å². The van der Waals surface area contributed by atoms with Gasteiger partial charge in [-0.05, 0) is 38.8 Å². The molecule has 0 aliphatic rings. The molecule has 0 aliphatic carbocycles. The first-order valence-electron chi connectivity index (χ1n) is 7.17. The van der Waals surface area contributed by atoms with Crippen LogP contribution in [0.3, 0.4) is 0 Å². The van der Waals surface area contributed by atoms with Crippen LogP contribution in [0.2, 0.25) is 0 Å². The topological polar surface area (TPSA) is 167 Å². The summed E-state index contributed by atoms with van der Waals surface area (Å²) in [5, 5.41) is 1.16. The van der Waals surface area contributed by atoms with E-state index in [1.54, 1.807) is 18.2 Å². The molecule has 146 valence electrons. The van der Waals surface area contributed by atoms with Gasteiger partial charge in [0, 0.05) is 0 Å². The average Bonchev–Trinajstić information content (AvgIpc) is 2.44. The van der Waals surface area contributed by atoms with Crippen LogP contribution in [0, 0.1) is 0 Å². The Morgan fingerprint density at radius 1 is 0.808 bits per heavy atom. The average molecular weight is 408 g/mol. The monoisotopic (exact) mass is 408 g/mol. The second-order valence-electron chi connectivity index (χ2n) is 6.61. The van der Waals surface area contributed by atoms with Gasteiger partial charge in [0.05, 0.1) is 11.1 Å². The van der Waals surface area contributed by atoms with Gasteiger partial charge in [-0.1, -0.05) is 24.3 Å². The van der Waals surface area contributed by atoms with Crippen molar-refractivity contribution >= 4 is 30.7 Å². The van der Waals surface area contributed by atoms with Crippen LogP contribution in [0.15, 0.2) is 24.3 Å². The summed E-state index contributed by atoms with van der Waals surface area (Å²) >= 11 is 0. The molecular formula is C14H20N2O8S2. The van der Waals surface area contributed by atoms with Crippen molar-refractivity contribution in [1.82, 2.24) is 10.6 Å². The van der Waals surface area contributed by atoms with Gasteiger partial charge in [-0.25, -0.2) is 0 Å². The van der Waals surface area contributed by atoms with Crippen molar-refractivity contribution in [3.63, 3.8) is 0 Å². The summed E-state index contributed by atoms with van der Waals surface area (Å²) in [4.78, 5) is 23.0. The largest absolute Gasteiger partial charge is 0.364 e. The van der Waals surface area contributed by atoms with Gasteiger partial charge in [0.1, 0.15) is 0 Å². The molecule has 0 saturated carbocycles. The van der Waals surface area contributed by atoms with Crippen LogP contribution in [0.1, 0.15) is 38.8 Å². The van der Waals surface area contributed by atoms with E-state index in [0.29, 0.717) is 11.1 Å². The zero-order valence-corrected chi connectivity index (χ0v) is 16.1. The molecule has 0 heterocycles. The molecule has 0 fully saturated rings. The molecule has 0 unspecified atom stereocenters. The van der Waals surface area contributed by atoms with E-state index in [1.165, 1.54) is 33.8 Å². The van der Waals surface area contributed by atoms with Gasteiger partial charge >= 0.3 is 30.7 Å². The maximum atomic E-state index is 11.5. The molecular weight excluding hydrogens is 388 g/mol. The number of benzene rings is 1. The summed E-state index contributed by atoms with van der Waals surface area (Å²) in [5.41, 5.74) is -1.60. The van der Waals surface area contributed by atoms with Gasteiger partial charge < -0.3 is 10.6 Å². The van der Waals surface area contributed by atoms with Crippen LogP contribution < -0.4 is 10.6 Å². The van der Waals surface area contributed by atoms with Crippen molar-refractivity contribution in [2.75, 3.05) is 0 Å².